The molecule has 0 bridgehead atoms. The summed E-state index contributed by atoms with van der Waals surface area (Å²) in [6.07, 6.45) is 0.963. The van der Waals surface area contributed by atoms with Crippen molar-refractivity contribution in [2.24, 2.45) is 0 Å². The molecular formula is C7H9ClN2O3. The number of rotatable bonds is 2. The summed E-state index contributed by atoms with van der Waals surface area (Å²) in [6, 6.07) is -0.824. The minimum atomic E-state index is -0.824. The Balaban J connectivity index is 4.19. The largest absolute Gasteiger partial charge is 0.330 e. The summed E-state index contributed by atoms with van der Waals surface area (Å²) in [5, 5.41) is 1.89. The Bertz CT molecular complexity index is 252. The van der Waals surface area contributed by atoms with Gasteiger partial charge in [0.1, 0.15) is 5.88 Å². The molecule has 1 N–H and O–H groups in total. The highest BCUT2D eigenvalue weighted by Gasteiger charge is 2.15. The van der Waals surface area contributed by atoms with Crippen molar-refractivity contribution in [1.29, 1.82) is 0 Å². The van der Waals surface area contributed by atoms with Crippen LogP contribution in [-0.2, 0) is 9.59 Å². The molecule has 5 nitrogen and oxygen atoms in total. The first kappa shape index (κ1) is 11.6. The van der Waals surface area contributed by atoms with E-state index in [4.69, 9.17) is 11.6 Å². The third-order valence-electron chi connectivity index (χ3n) is 1.18. The Morgan fingerprint density at radius 3 is 2.46 bits per heavy atom. The summed E-state index contributed by atoms with van der Waals surface area (Å²) >= 11 is 5.13. The number of halogens is 1. The quantitative estimate of drug-likeness (QED) is 0.513. The molecule has 72 valence electrons. The summed E-state index contributed by atoms with van der Waals surface area (Å²) in [4.78, 5) is 33.1. The second-order valence-electron chi connectivity index (χ2n) is 2.09. The van der Waals surface area contributed by atoms with Crippen LogP contribution < -0.4 is 5.32 Å². The van der Waals surface area contributed by atoms with Crippen LogP contribution in [0.1, 0.15) is 0 Å². The van der Waals surface area contributed by atoms with E-state index in [0.717, 1.165) is 11.0 Å². The minimum absolute atomic E-state index is 0.331. The zero-order valence-corrected chi connectivity index (χ0v) is 7.80. The van der Waals surface area contributed by atoms with E-state index in [1.54, 1.807) is 0 Å². The minimum Gasteiger partial charge on any atom is -0.277 e. The second-order valence-corrected chi connectivity index (χ2v) is 2.36. The van der Waals surface area contributed by atoms with Gasteiger partial charge in [-0.2, -0.15) is 0 Å². The van der Waals surface area contributed by atoms with Crippen LogP contribution in [0.15, 0.2) is 12.7 Å². The molecule has 0 aromatic carbocycles. The molecule has 0 radical (unpaired) electrons. The van der Waals surface area contributed by atoms with Crippen molar-refractivity contribution in [2.45, 2.75) is 0 Å². The number of likely N-dealkylation sites (N-methyl/N-ethyl adjacent to an activating group) is 1. The molecule has 0 aliphatic rings. The van der Waals surface area contributed by atoms with Gasteiger partial charge in [0.25, 0.3) is 5.91 Å². The second kappa shape index (κ2) is 5.31. The van der Waals surface area contributed by atoms with Gasteiger partial charge in [-0.3, -0.25) is 19.8 Å². The fourth-order valence-corrected chi connectivity index (χ4v) is 0.540. The van der Waals surface area contributed by atoms with Crippen molar-refractivity contribution in [3.8, 4) is 0 Å². The van der Waals surface area contributed by atoms with Gasteiger partial charge >= 0.3 is 6.03 Å². The van der Waals surface area contributed by atoms with Crippen LogP contribution in [0, 0.1) is 0 Å². The summed E-state index contributed by atoms with van der Waals surface area (Å²) in [7, 11) is 1.22. The molecule has 0 fully saturated rings. The Morgan fingerprint density at radius 2 is 2.08 bits per heavy atom. The molecule has 0 aromatic rings. The van der Waals surface area contributed by atoms with Gasteiger partial charge in [0.2, 0.25) is 5.91 Å². The third-order valence-corrected chi connectivity index (χ3v) is 1.42. The summed E-state index contributed by atoms with van der Waals surface area (Å²) in [6.45, 7) is 3.18. The fraction of sp³-hybridized carbons (Fsp3) is 0.286. The van der Waals surface area contributed by atoms with E-state index in [2.05, 4.69) is 6.58 Å². The molecule has 0 rings (SSSR count). The number of urea groups is 1. The highest BCUT2D eigenvalue weighted by molar-refractivity contribution is 6.28. The topological polar surface area (TPSA) is 66.5 Å². The highest BCUT2D eigenvalue weighted by atomic mass is 35.5. The van der Waals surface area contributed by atoms with Gasteiger partial charge in [0.05, 0.1) is 0 Å². The monoisotopic (exact) mass is 204 g/mol. The van der Waals surface area contributed by atoms with Gasteiger partial charge < -0.3 is 0 Å². The lowest BCUT2D eigenvalue weighted by molar-refractivity contribution is -0.122. The molecule has 6 heteroatoms. The first-order valence-corrected chi connectivity index (χ1v) is 3.86. The third kappa shape index (κ3) is 3.71. The molecule has 4 amide bonds. The van der Waals surface area contributed by atoms with Crippen molar-refractivity contribution in [2.75, 3.05) is 12.9 Å². The summed E-state index contributed by atoms with van der Waals surface area (Å²) < 4.78 is 0. The Labute approximate surface area is 80.3 Å². The molecule has 0 saturated carbocycles. The van der Waals surface area contributed by atoms with E-state index in [1.807, 2.05) is 5.32 Å². The number of alkyl halides is 1. The van der Waals surface area contributed by atoms with Crippen LogP contribution in [-0.4, -0.2) is 35.7 Å². The van der Waals surface area contributed by atoms with Crippen LogP contribution in [0.2, 0.25) is 0 Å². The summed E-state index contributed by atoms with van der Waals surface area (Å²) in [5.41, 5.74) is 0. The maximum absolute atomic E-state index is 11.0. The number of imide groups is 2. The average Bonchev–Trinajstić information content (AvgIpc) is 2.14. The Morgan fingerprint density at radius 1 is 1.54 bits per heavy atom. The highest BCUT2D eigenvalue weighted by Crippen LogP contribution is 1.87. The summed E-state index contributed by atoms with van der Waals surface area (Å²) in [5.74, 6) is -1.59. The molecule has 0 unspecified atom stereocenters. The molecule has 0 atom stereocenters. The zero-order chi connectivity index (χ0) is 10.4. The van der Waals surface area contributed by atoms with E-state index in [-0.39, 0.29) is 5.88 Å². The van der Waals surface area contributed by atoms with Gasteiger partial charge in [0.15, 0.2) is 0 Å². The molecule has 0 aliphatic carbocycles. The first-order chi connectivity index (χ1) is 6.02. The van der Waals surface area contributed by atoms with E-state index >= 15 is 0 Å². The molecule has 0 aromatic heterocycles. The lowest BCUT2D eigenvalue weighted by atomic mass is 10.5. The van der Waals surface area contributed by atoms with Crippen LogP contribution in [0.4, 0.5) is 4.79 Å². The van der Waals surface area contributed by atoms with Gasteiger partial charge in [-0.15, -0.1) is 11.6 Å². The van der Waals surface area contributed by atoms with Gasteiger partial charge in [-0.25, -0.2) is 4.79 Å². The molecule has 0 heterocycles. The Kier molecular flexibility index (Phi) is 4.76. The van der Waals surface area contributed by atoms with E-state index < -0.39 is 17.8 Å². The zero-order valence-electron chi connectivity index (χ0n) is 7.04. The van der Waals surface area contributed by atoms with Gasteiger partial charge in [-0.05, 0) is 6.08 Å². The number of amides is 4. The van der Waals surface area contributed by atoms with Crippen molar-refractivity contribution >= 4 is 29.4 Å². The smallest absolute Gasteiger partial charge is 0.277 e. The van der Waals surface area contributed by atoms with Crippen LogP contribution >= 0.6 is 11.6 Å². The maximum Gasteiger partial charge on any atom is 0.330 e. The SMILES string of the molecule is C=CC(=O)N(C)C(=O)NC(=O)CCl. The van der Waals surface area contributed by atoms with Crippen LogP contribution in [0.25, 0.3) is 0 Å². The number of carbonyl (C=O) groups excluding carboxylic acids is 3. The standard InChI is InChI=1S/C7H9ClN2O3/c1-3-6(12)10(2)7(13)9-5(11)4-8/h3H,1,4H2,2H3,(H,9,11,13). The number of carbonyl (C=O) groups is 3. The maximum atomic E-state index is 11.0. The predicted octanol–water partition coefficient (Wildman–Crippen LogP) is 0.106. The normalized spacial score (nSPS) is 8.77. The van der Waals surface area contributed by atoms with Crippen molar-refractivity contribution in [3.05, 3.63) is 12.7 Å². The number of hydrogen-bond donors (Lipinski definition) is 1. The molecular weight excluding hydrogens is 196 g/mol. The van der Waals surface area contributed by atoms with E-state index in [9.17, 15) is 14.4 Å². The average molecular weight is 205 g/mol. The van der Waals surface area contributed by atoms with Gasteiger partial charge in [0, 0.05) is 7.05 Å². The van der Waals surface area contributed by atoms with Crippen molar-refractivity contribution in [1.82, 2.24) is 10.2 Å². The lowest BCUT2D eigenvalue weighted by Crippen LogP contribution is -2.43. The fourth-order valence-electron chi connectivity index (χ4n) is 0.474. The Hall–Kier alpha value is -1.36. The van der Waals surface area contributed by atoms with E-state index in [0.29, 0.717) is 0 Å². The predicted molar refractivity (Wildman–Crippen MR) is 47.2 cm³/mol. The van der Waals surface area contributed by atoms with E-state index in [1.165, 1.54) is 7.05 Å². The molecule has 0 spiro atoms. The van der Waals surface area contributed by atoms with Crippen molar-refractivity contribution < 1.29 is 14.4 Å². The molecule has 0 aliphatic heterocycles. The van der Waals surface area contributed by atoms with Crippen molar-refractivity contribution in [3.63, 3.8) is 0 Å². The molecule has 0 saturated heterocycles. The van der Waals surface area contributed by atoms with Crippen LogP contribution in [0.5, 0.6) is 0 Å². The van der Waals surface area contributed by atoms with Gasteiger partial charge in [-0.1, -0.05) is 6.58 Å². The van der Waals surface area contributed by atoms with Crippen LogP contribution in [0.3, 0.4) is 0 Å². The lowest BCUT2D eigenvalue weighted by Gasteiger charge is -2.12. The first-order valence-electron chi connectivity index (χ1n) is 3.32. The number of nitrogens with one attached hydrogen (secondary N) is 1. The number of hydrogen-bond acceptors (Lipinski definition) is 3. The number of nitrogens with zero attached hydrogens (tertiary/aromatic N) is 1. The molecule has 13 heavy (non-hydrogen) atoms.